The zero-order chi connectivity index (χ0) is 9.97. The normalized spacial score (nSPS) is 21.4. The smallest absolute Gasteiger partial charge is 0.0578 e. The van der Waals surface area contributed by atoms with Crippen molar-refractivity contribution in [3.63, 3.8) is 0 Å². The molecule has 2 heteroatoms. The number of fused-ring (bicyclic) bond motifs is 1. The first-order valence-electron chi connectivity index (χ1n) is 5.03. The van der Waals surface area contributed by atoms with Gasteiger partial charge in [-0.25, -0.2) is 0 Å². The summed E-state index contributed by atoms with van der Waals surface area (Å²) in [5, 5.41) is 6.93. The first kappa shape index (κ1) is 9.13. The van der Waals surface area contributed by atoms with Crippen LogP contribution in [0.2, 0.25) is 0 Å². The second kappa shape index (κ2) is 3.74. The monoisotopic (exact) mass is 188 g/mol. The molecule has 0 radical (unpaired) electrons. The van der Waals surface area contributed by atoms with Crippen LogP contribution in [0, 0.1) is 5.92 Å². The van der Waals surface area contributed by atoms with E-state index in [2.05, 4.69) is 42.3 Å². The number of rotatable bonds is 2. The molecule has 2 rings (SSSR count). The number of hydrogen-bond donors (Lipinski definition) is 2. The van der Waals surface area contributed by atoms with E-state index in [-0.39, 0.29) is 0 Å². The summed E-state index contributed by atoms with van der Waals surface area (Å²) in [7, 11) is 0. The standard InChI is InChI=1S/C12H16N2/c1-3-9(2)12-8-13-10-6-4-5-7-11(10)14-12/h3-7,9,12-14H,1,8H2,2H3/t9-,12-/m0/s1. The molecule has 0 saturated heterocycles. The Hall–Kier alpha value is -1.44. The molecule has 74 valence electrons. The van der Waals surface area contributed by atoms with E-state index >= 15 is 0 Å². The van der Waals surface area contributed by atoms with Crippen molar-refractivity contribution in [2.24, 2.45) is 5.92 Å². The van der Waals surface area contributed by atoms with Crippen molar-refractivity contribution in [3.05, 3.63) is 36.9 Å². The summed E-state index contributed by atoms with van der Waals surface area (Å²) in [6.07, 6.45) is 1.99. The molecule has 2 N–H and O–H groups in total. The van der Waals surface area contributed by atoms with Gasteiger partial charge in [-0.1, -0.05) is 25.1 Å². The second-order valence-corrected chi connectivity index (χ2v) is 3.77. The molecule has 0 unspecified atom stereocenters. The SMILES string of the molecule is C=C[C@H](C)[C@@H]1CNc2ccccc2N1. The molecule has 2 nitrogen and oxygen atoms in total. The number of benzene rings is 1. The molecule has 0 spiro atoms. The van der Waals surface area contributed by atoms with Crippen LogP contribution in [0.5, 0.6) is 0 Å². The summed E-state index contributed by atoms with van der Waals surface area (Å²) < 4.78 is 0. The molecule has 0 saturated carbocycles. The zero-order valence-corrected chi connectivity index (χ0v) is 8.46. The van der Waals surface area contributed by atoms with Gasteiger partial charge in [0.2, 0.25) is 0 Å². The maximum absolute atomic E-state index is 3.82. The van der Waals surface area contributed by atoms with Gasteiger partial charge in [-0.2, -0.15) is 0 Å². The van der Waals surface area contributed by atoms with E-state index in [0.717, 1.165) is 6.54 Å². The fraction of sp³-hybridized carbons (Fsp3) is 0.333. The summed E-state index contributed by atoms with van der Waals surface area (Å²) in [5.41, 5.74) is 2.39. The van der Waals surface area contributed by atoms with Crippen LogP contribution in [0.3, 0.4) is 0 Å². The molecule has 14 heavy (non-hydrogen) atoms. The largest absolute Gasteiger partial charge is 0.381 e. The van der Waals surface area contributed by atoms with Crippen LogP contribution in [0.1, 0.15) is 6.92 Å². The molecule has 0 aliphatic carbocycles. The van der Waals surface area contributed by atoms with E-state index in [9.17, 15) is 0 Å². The van der Waals surface area contributed by atoms with Crippen LogP contribution < -0.4 is 10.6 Å². The van der Waals surface area contributed by atoms with Gasteiger partial charge < -0.3 is 10.6 Å². The van der Waals surface area contributed by atoms with E-state index in [1.807, 2.05) is 12.1 Å². The summed E-state index contributed by atoms with van der Waals surface area (Å²) in [4.78, 5) is 0. The Morgan fingerprint density at radius 3 is 2.86 bits per heavy atom. The average Bonchev–Trinajstić information content (AvgIpc) is 2.27. The van der Waals surface area contributed by atoms with E-state index < -0.39 is 0 Å². The minimum atomic E-state index is 0.447. The highest BCUT2D eigenvalue weighted by Gasteiger charge is 2.19. The number of para-hydroxylation sites is 2. The zero-order valence-electron chi connectivity index (χ0n) is 8.46. The Kier molecular flexibility index (Phi) is 2.44. The van der Waals surface area contributed by atoms with Crippen LogP contribution >= 0.6 is 0 Å². The third kappa shape index (κ3) is 1.60. The van der Waals surface area contributed by atoms with Gasteiger partial charge in [0.1, 0.15) is 0 Å². The van der Waals surface area contributed by atoms with Gasteiger partial charge in [0.25, 0.3) is 0 Å². The maximum atomic E-state index is 3.82. The molecular weight excluding hydrogens is 172 g/mol. The summed E-state index contributed by atoms with van der Waals surface area (Å²) in [6, 6.07) is 8.74. The second-order valence-electron chi connectivity index (χ2n) is 3.77. The van der Waals surface area contributed by atoms with Gasteiger partial charge in [-0.15, -0.1) is 6.58 Å². The minimum Gasteiger partial charge on any atom is -0.381 e. The lowest BCUT2D eigenvalue weighted by atomic mass is 9.99. The predicted molar refractivity (Wildman–Crippen MR) is 61.7 cm³/mol. The van der Waals surface area contributed by atoms with E-state index in [1.165, 1.54) is 11.4 Å². The third-order valence-electron chi connectivity index (χ3n) is 2.79. The number of nitrogens with one attached hydrogen (secondary N) is 2. The Morgan fingerprint density at radius 1 is 1.43 bits per heavy atom. The lowest BCUT2D eigenvalue weighted by molar-refractivity contribution is 0.589. The Morgan fingerprint density at radius 2 is 2.14 bits per heavy atom. The molecule has 1 aromatic rings. The lowest BCUT2D eigenvalue weighted by Gasteiger charge is -2.31. The highest BCUT2D eigenvalue weighted by Crippen LogP contribution is 2.27. The molecule has 1 aliphatic heterocycles. The van der Waals surface area contributed by atoms with Crippen LogP contribution in [0.25, 0.3) is 0 Å². The van der Waals surface area contributed by atoms with Crippen LogP contribution in [0.15, 0.2) is 36.9 Å². The van der Waals surface area contributed by atoms with E-state index in [4.69, 9.17) is 0 Å². The molecule has 0 fully saturated rings. The van der Waals surface area contributed by atoms with Crippen molar-refractivity contribution in [1.29, 1.82) is 0 Å². The molecular formula is C12H16N2. The Labute approximate surface area is 85.0 Å². The Balaban J connectivity index is 2.17. The van der Waals surface area contributed by atoms with Crippen LogP contribution in [-0.2, 0) is 0 Å². The van der Waals surface area contributed by atoms with Gasteiger partial charge in [-0.05, 0) is 18.1 Å². The van der Waals surface area contributed by atoms with Crippen LogP contribution in [0.4, 0.5) is 11.4 Å². The molecule has 0 amide bonds. The number of hydrogen-bond acceptors (Lipinski definition) is 2. The van der Waals surface area contributed by atoms with Gasteiger partial charge >= 0.3 is 0 Å². The van der Waals surface area contributed by atoms with Crippen LogP contribution in [-0.4, -0.2) is 12.6 Å². The van der Waals surface area contributed by atoms with Crippen molar-refractivity contribution in [2.45, 2.75) is 13.0 Å². The molecule has 0 aromatic heterocycles. The van der Waals surface area contributed by atoms with E-state index in [0.29, 0.717) is 12.0 Å². The van der Waals surface area contributed by atoms with Gasteiger partial charge in [0.05, 0.1) is 11.4 Å². The first-order chi connectivity index (χ1) is 6.81. The fourth-order valence-electron chi connectivity index (χ4n) is 1.72. The topological polar surface area (TPSA) is 24.1 Å². The van der Waals surface area contributed by atoms with Crippen molar-refractivity contribution < 1.29 is 0 Å². The van der Waals surface area contributed by atoms with Crippen molar-refractivity contribution in [2.75, 3.05) is 17.2 Å². The molecule has 0 bridgehead atoms. The molecule has 2 atom stereocenters. The molecule has 1 aliphatic rings. The van der Waals surface area contributed by atoms with Gasteiger partial charge in [-0.3, -0.25) is 0 Å². The average molecular weight is 188 g/mol. The van der Waals surface area contributed by atoms with Crippen molar-refractivity contribution >= 4 is 11.4 Å². The van der Waals surface area contributed by atoms with Crippen molar-refractivity contribution in [1.82, 2.24) is 0 Å². The highest BCUT2D eigenvalue weighted by atomic mass is 15.1. The third-order valence-corrected chi connectivity index (χ3v) is 2.79. The highest BCUT2D eigenvalue weighted by molar-refractivity contribution is 5.71. The van der Waals surface area contributed by atoms with Gasteiger partial charge in [0, 0.05) is 12.6 Å². The van der Waals surface area contributed by atoms with Crippen molar-refractivity contribution in [3.8, 4) is 0 Å². The van der Waals surface area contributed by atoms with Gasteiger partial charge in [0.15, 0.2) is 0 Å². The Bertz CT molecular complexity index is 333. The fourth-order valence-corrected chi connectivity index (χ4v) is 1.72. The summed E-state index contributed by atoms with van der Waals surface area (Å²) in [5.74, 6) is 0.482. The maximum Gasteiger partial charge on any atom is 0.0578 e. The number of anilines is 2. The molecule has 1 heterocycles. The predicted octanol–water partition coefficient (Wildman–Crippen LogP) is 2.71. The van der Waals surface area contributed by atoms with E-state index in [1.54, 1.807) is 0 Å². The molecule has 1 aromatic carbocycles. The minimum absolute atomic E-state index is 0.447. The lowest BCUT2D eigenvalue weighted by Crippen LogP contribution is -2.37. The summed E-state index contributed by atoms with van der Waals surface area (Å²) >= 11 is 0. The first-order valence-corrected chi connectivity index (χ1v) is 5.03. The summed E-state index contributed by atoms with van der Waals surface area (Å²) in [6.45, 7) is 6.97. The quantitative estimate of drug-likeness (QED) is 0.697.